The summed E-state index contributed by atoms with van der Waals surface area (Å²) in [7, 11) is 1.32. The third-order valence-corrected chi connectivity index (χ3v) is 5.03. The lowest BCUT2D eigenvalue weighted by Crippen LogP contribution is -2.31. The molecular weight excluding hydrogens is 406 g/mol. The highest BCUT2D eigenvalue weighted by Gasteiger charge is 2.20. The van der Waals surface area contributed by atoms with Gasteiger partial charge in [0.25, 0.3) is 5.91 Å². The summed E-state index contributed by atoms with van der Waals surface area (Å²) in [5.74, 6) is 0.628. The van der Waals surface area contributed by atoms with Gasteiger partial charge in [-0.25, -0.2) is 4.79 Å². The van der Waals surface area contributed by atoms with Gasteiger partial charge in [0.2, 0.25) is 0 Å². The predicted molar refractivity (Wildman–Crippen MR) is 122 cm³/mol. The fourth-order valence-corrected chi connectivity index (χ4v) is 3.39. The molecule has 1 heterocycles. The normalized spacial score (nSPS) is 12.4. The number of hydrogen-bond acceptors (Lipinski definition) is 5. The number of amides is 1. The minimum Gasteiger partial charge on any atom is -0.486 e. The molecule has 32 heavy (non-hydrogen) atoms. The highest BCUT2D eigenvalue weighted by Crippen LogP contribution is 2.34. The van der Waals surface area contributed by atoms with Crippen molar-refractivity contribution in [1.82, 2.24) is 0 Å². The third kappa shape index (κ3) is 4.81. The summed E-state index contributed by atoms with van der Waals surface area (Å²) in [5, 5.41) is 0. The van der Waals surface area contributed by atoms with Crippen molar-refractivity contribution < 1.29 is 23.8 Å². The average molecular weight is 429 g/mol. The molecule has 1 aliphatic rings. The monoisotopic (exact) mass is 429 g/mol. The Labute approximate surface area is 186 Å². The second-order valence-electron chi connectivity index (χ2n) is 7.13. The van der Waals surface area contributed by atoms with Crippen molar-refractivity contribution in [2.75, 3.05) is 31.8 Å². The molecule has 4 rings (SSSR count). The largest absolute Gasteiger partial charge is 0.486 e. The lowest BCUT2D eigenvalue weighted by molar-refractivity contribution is 0.0600. The Hall–Kier alpha value is -4.06. The maximum Gasteiger partial charge on any atom is 0.337 e. The zero-order chi connectivity index (χ0) is 22.3. The van der Waals surface area contributed by atoms with Gasteiger partial charge in [0.1, 0.15) is 13.2 Å². The fourth-order valence-electron chi connectivity index (χ4n) is 3.39. The van der Waals surface area contributed by atoms with E-state index in [4.69, 9.17) is 14.2 Å². The van der Waals surface area contributed by atoms with E-state index in [1.165, 1.54) is 7.11 Å². The fraction of sp³-hybridized carbons (Fsp3) is 0.154. The molecule has 6 nitrogen and oxygen atoms in total. The quantitative estimate of drug-likeness (QED) is 0.536. The molecule has 0 saturated heterocycles. The van der Waals surface area contributed by atoms with Crippen molar-refractivity contribution in [2.24, 2.45) is 0 Å². The number of rotatable bonds is 6. The molecule has 0 atom stereocenters. The van der Waals surface area contributed by atoms with Crippen molar-refractivity contribution >= 4 is 23.6 Å². The van der Waals surface area contributed by atoms with E-state index in [0.29, 0.717) is 48.1 Å². The first-order valence-electron chi connectivity index (χ1n) is 10.3. The first kappa shape index (κ1) is 21.2. The van der Waals surface area contributed by atoms with Crippen molar-refractivity contribution in [3.8, 4) is 11.5 Å². The molecule has 162 valence electrons. The summed E-state index contributed by atoms with van der Waals surface area (Å²) in [5.41, 5.74) is 2.58. The number of hydrogen-bond donors (Lipinski definition) is 0. The number of carbonyl (C=O) groups is 2. The first-order chi connectivity index (χ1) is 15.7. The number of benzene rings is 3. The van der Waals surface area contributed by atoms with Gasteiger partial charge in [-0.15, -0.1) is 0 Å². The summed E-state index contributed by atoms with van der Waals surface area (Å²) in [6.07, 6.45) is 3.91. The summed E-state index contributed by atoms with van der Waals surface area (Å²) >= 11 is 0. The van der Waals surface area contributed by atoms with E-state index in [1.54, 1.807) is 29.2 Å². The van der Waals surface area contributed by atoms with Crippen LogP contribution in [0.3, 0.4) is 0 Å². The van der Waals surface area contributed by atoms with Gasteiger partial charge in [0, 0.05) is 23.9 Å². The van der Waals surface area contributed by atoms with E-state index < -0.39 is 5.97 Å². The zero-order valence-corrected chi connectivity index (χ0v) is 17.7. The van der Waals surface area contributed by atoms with Crippen LogP contribution in [0.15, 0.2) is 78.9 Å². The molecule has 0 saturated carbocycles. The summed E-state index contributed by atoms with van der Waals surface area (Å²) in [6.45, 7) is 1.32. The topological polar surface area (TPSA) is 65.1 Å². The number of methoxy groups -OCH3 is 1. The molecule has 6 heteroatoms. The van der Waals surface area contributed by atoms with E-state index in [9.17, 15) is 9.59 Å². The Morgan fingerprint density at radius 3 is 2.31 bits per heavy atom. The van der Waals surface area contributed by atoms with Crippen LogP contribution >= 0.6 is 0 Å². The second-order valence-corrected chi connectivity index (χ2v) is 7.13. The minimum absolute atomic E-state index is 0.198. The van der Waals surface area contributed by atoms with Crippen LogP contribution in [0.25, 0.3) is 6.08 Å². The van der Waals surface area contributed by atoms with Crippen LogP contribution in [0.4, 0.5) is 5.69 Å². The van der Waals surface area contributed by atoms with Crippen molar-refractivity contribution in [2.45, 2.75) is 0 Å². The minimum atomic E-state index is -0.446. The zero-order valence-electron chi connectivity index (χ0n) is 17.7. The number of ether oxygens (including phenoxy) is 3. The molecule has 0 unspecified atom stereocenters. The Morgan fingerprint density at radius 1 is 0.906 bits per heavy atom. The SMILES string of the molecule is COC(=O)c1ccc(C(=O)N(CC=Cc2ccccc2)c2ccc3c(c2)OCCO3)cc1. The molecule has 0 N–H and O–H groups in total. The van der Waals surface area contributed by atoms with Crippen molar-refractivity contribution in [3.05, 3.63) is 95.6 Å². The van der Waals surface area contributed by atoms with Gasteiger partial charge in [-0.05, 0) is 42.0 Å². The van der Waals surface area contributed by atoms with Gasteiger partial charge in [0.15, 0.2) is 11.5 Å². The van der Waals surface area contributed by atoms with Crippen molar-refractivity contribution in [1.29, 1.82) is 0 Å². The molecule has 0 bridgehead atoms. The van der Waals surface area contributed by atoms with Gasteiger partial charge in [-0.3, -0.25) is 4.79 Å². The molecule has 0 radical (unpaired) electrons. The van der Waals surface area contributed by atoms with Gasteiger partial charge in [0.05, 0.1) is 12.7 Å². The van der Waals surface area contributed by atoms with Gasteiger partial charge >= 0.3 is 5.97 Å². The van der Waals surface area contributed by atoms with Crippen molar-refractivity contribution in [3.63, 3.8) is 0 Å². The summed E-state index contributed by atoms with van der Waals surface area (Å²) < 4.78 is 16.0. The third-order valence-electron chi connectivity index (χ3n) is 5.03. The van der Waals surface area contributed by atoms with Gasteiger partial charge in [-0.2, -0.15) is 0 Å². The molecule has 3 aromatic carbocycles. The summed E-state index contributed by atoms with van der Waals surface area (Å²) in [6, 6.07) is 21.8. The van der Waals surface area contributed by atoms with Gasteiger partial charge < -0.3 is 19.1 Å². The predicted octanol–water partition coefficient (Wildman–Crippen LogP) is 4.60. The molecule has 1 aliphatic heterocycles. The van der Waals surface area contributed by atoms with Crippen LogP contribution in [0.1, 0.15) is 26.3 Å². The average Bonchev–Trinajstić information content (AvgIpc) is 2.86. The second kappa shape index (κ2) is 9.83. The Morgan fingerprint density at radius 2 is 1.59 bits per heavy atom. The summed E-state index contributed by atoms with van der Waals surface area (Å²) in [4.78, 5) is 26.8. The van der Waals surface area contributed by atoms with Crippen LogP contribution in [0.5, 0.6) is 11.5 Å². The molecule has 3 aromatic rings. The number of nitrogens with zero attached hydrogens (tertiary/aromatic N) is 1. The standard InChI is InChI=1S/C26H23NO5/c1-30-26(29)21-11-9-20(10-12-21)25(28)27(15-5-8-19-6-3-2-4-7-19)22-13-14-23-24(18-22)32-17-16-31-23/h2-14,18H,15-17H2,1H3. The van der Waals surface area contributed by atoms with Crippen LogP contribution in [0.2, 0.25) is 0 Å². The lowest BCUT2D eigenvalue weighted by Gasteiger charge is -2.24. The highest BCUT2D eigenvalue weighted by molar-refractivity contribution is 6.07. The van der Waals surface area contributed by atoms with E-state index in [0.717, 1.165) is 5.56 Å². The molecular formula is C26H23NO5. The van der Waals surface area contributed by atoms with Crippen LogP contribution in [-0.4, -0.2) is 38.7 Å². The molecule has 0 aliphatic carbocycles. The van der Waals surface area contributed by atoms with E-state index in [-0.39, 0.29) is 5.91 Å². The lowest BCUT2D eigenvalue weighted by atomic mass is 10.1. The van der Waals surface area contributed by atoms with Crippen LogP contribution in [0, 0.1) is 0 Å². The Balaban J connectivity index is 1.62. The number of carbonyl (C=O) groups excluding carboxylic acids is 2. The maximum atomic E-state index is 13.4. The number of anilines is 1. The first-order valence-corrected chi connectivity index (χ1v) is 10.3. The maximum absolute atomic E-state index is 13.4. The number of fused-ring (bicyclic) bond motifs is 1. The molecule has 0 spiro atoms. The highest BCUT2D eigenvalue weighted by atomic mass is 16.6. The van der Waals surface area contributed by atoms with E-state index in [2.05, 4.69) is 0 Å². The Bertz CT molecular complexity index is 1120. The van der Waals surface area contributed by atoms with E-state index in [1.807, 2.05) is 60.7 Å². The molecule has 0 fully saturated rings. The molecule has 1 amide bonds. The number of esters is 1. The van der Waals surface area contributed by atoms with E-state index >= 15 is 0 Å². The smallest absolute Gasteiger partial charge is 0.337 e. The van der Waals surface area contributed by atoms with Crippen LogP contribution < -0.4 is 14.4 Å². The van der Waals surface area contributed by atoms with Gasteiger partial charge in [-0.1, -0.05) is 42.5 Å². The molecule has 0 aromatic heterocycles. The Kier molecular flexibility index (Phi) is 6.51. The van der Waals surface area contributed by atoms with Crippen LogP contribution in [-0.2, 0) is 4.74 Å².